The molecule has 0 heterocycles. The van der Waals surface area contributed by atoms with Gasteiger partial charge in [0.25, 0.3) is 0 Å². The molecule has 0 amide bonds. The molecule has 0 rings (SSSR count). The lowest BCUT2D eigenvalue weighted by Gasteiger charge is -2.20. The highest BCUT2D eigenvalue weighted by Gasteiger charge is 2.27. The van der Waals surface area contributed by atoms with Crippen LogP contribution in [-0.2, 0) is 32.7 Å². The zero-order valence-corrected chi connectivity index (χ0v) is 44.0. The number of aliphatic carboxylic acids is 1. The first-order valence-corrected chi connectivity index (χ1v) is 29.4. The van der Waals surface area contributed by atoms with Crippen molar-refractivity contribution in [2.75, 3.05) is 26.4 Å². The van der Waals surface area contributed by atoms with Gasteiger partial charge in [0, 0.05) is 13.0 Å². The predicted octanol–water partition coefficient (Wildman–Crippen LogP) is 16.6. The topological polar surface area (TPSA) is 155 Å². The average Bonchev–Trinajstić information content (AvgIpc) is 3.30. The fraction of sp³-hybridized carbons (Fsp3) is 0.891. The van der Waals surface area contributed by atoms with E-state index < -0.39 is 45.1 Å². The molecule has 3 atom stereocenters. The minimum atomic E-state index is -4.62. The molecular formula is C55H106NO9P. The summed E-state index contributed by atoms with van der Waals surface area (Å²) in [5.74, 6) is -1.77. The molecule has 0 aliphatic heterocycles. The summed E-state index contributed by atoms with van der Waals surface area (Å²) in [7, 11) is -4.62. The molecule has 390 valence electrons. The molecule has 11 heteroatoms. The number of carbonyl (C=O) groups is 2. The molecule has 0 bridgehead atoms. The van der Waals surface area contributed by atoms with Gasteiger partial charge in [0.1, 0.15) is 12.1 Å². The monoisotopic (exact) mass is 956 g/mol. The van der Waals surface area contributed by atoms with E-state index in [0.29, 0.717) is 13.0 Å². The van der Waals surface area contributed by atoms with Gasteiger partial charge in [-0.2, -0.15) is 0 Å². The fourth-order valence-corrected chi connectivity index (χ4v) is 8.95. The van der Waals surface area contributed by atoms with Crippen LogP contribution in [0.2, 0.25) is 0 Å². The van der Waals surface area contributed by atoms with E-state index in [1.54, 1.807) is 0 Å². The molecule has 0 saturated heterocycles. The van der Waals surface area contributed by atoms with Gasteiger partial charge in [-0.05, 0) is 44.9 Å². The van der Waals surface area contributed by atoms with Crippen molar-refractivity contribution in [2.24, 2.45) is 5.73 Å². The summed E-state index contributed by atoms with van der Waals surface area (Å²) in [6.07, 6.45) is 59.6. The quantitative estimate of drug-likeness (QED) is 0.0232. The highest BCUT2D eigenvalue weighted by molar-refractivity contribution is 7.47. The van der Waals surface area contributed by atoms with Crippen LogP contribution < -0.4 is 5.73 Å². The summed E-state index contributed by atoms with van der Waals surface area (Å²) in [6.45, 7) is 3.93. The van der Waals surface area contributed by atoms with Crippen LogP contribution in [0.1, 0.15) is 277 Å². The Kier molecular flexibility index (Phi) is 50.1. The molecule has 0 saturated carbocycles. The predicted molar refractivity (Wildman–Crippen MR) is 277 cm³/mol. The van der Waals surface area contributed by atoms with Crippen LogP contribution in [0.15, 0.2) is 24.3 Å². The largest absolute Gasteiger partial charge is 0.480 e. The molecule has 66 heavy (non-hydrogen) atoms. The molecule has 0 aromatic heterocycles. The third-order valence-electron chi connectivity index (χ3n) is 12.5. The first-order chi connectivity index (χ1) is 32.2. The van der Waals surface area contributed by atoms with E-state index >= 15 is 0 Å². The van der Waals surface area contributed by atoms with Crippen LogP contribution in [0.4, 0.5) is 0 Å². The Labute approximate surface area is 406 Å². The number of ether oxygens (including phenoxy) is 2. The molecular weight excluding hydrogens is 850 g/mol. The number of nitrogens with two attached hydrogens (primary N) is 1. The number of esters is 1. The standard InChI is InChI=1S/C55H106NO9P/c1-3-5-7-9-11-13-15-17-19-21-23-25-26-28-30-32-34-36-38-40-42-44-46-48-62-49-52(50-63-66(60,61)64-51-53(56)55(58)59)65-54(57)47-45-43-41-39-37-35-33-31-29-27-24-22-20-18-16-14-12-10-8-6-4-2/h16,18,22,24,52-53H,3-15,17,19-21,23,25-51,56H2,1-2H3,(H,58,59)(H,60,61)/b18-16-,24-22-. The third-order valence-corrected chi connectivity index (χ3v) is 13.4. The molecule has 0 aliphatic carbocycles. The van der Waals surface area contributed by atoms with Crippen LogP contribution in [0, 0.1) is 0 Å². The summed E-state index contributed by atoms with van der Waals surface area (Å²) in [5.41, 5.74) is 5.38. The highest BCUT2D eigenvalue weighted by Crippen LogP contribution is 2.43. The summed E-state index contributed by atoms with van der Waals surface area (Å²) in [4.78, 5) is 33.8. The third kappa shape index (κ3) is 50.3. The average molecular weight is 956 g/mol. The van der Waals surface area contributed by atoms with Gasteiger partial charge in [0.15, 0.2) is 0 Å². The van der Waals surface area contributed by atoms with Gasteiger partial charge in [-0.3, -0.25) is 18.6 Å². The summed E-state index contributed by atoms with van der Waals surface area (Å²) < 4.78 is 33.6. The molecule has 0 aliphatic rings. The Morgan fingerprint density at radius 1 is 0.485 bits per heavy atom. The van der Waals surface area contributed by atoms with Crippen LogP contribution >= 0.6 is 7.82 Å². The number of rotatable bonds is 54. The van der Waals surface area contributed by atoms with Gasteiger partial charge in [0.2, 0.25) is 0 Å². The minimum Gasteiger partial charge on any atom is -0.480 e. The van der Waals surface area contributed by atoms with Crippen molar-refractivity contribution in [1.82, 2.24) is 0 Å². The molecule has 3 unspecified atom stereocenters. The van der Waals surface area contributed by atoms with Gasteiger partial charge in [-0.25, -0.2) is 4.57 Å². The minimum absolute atomic E-state index is 0.0205. The van der Waals surface area contributed by atoms with Gasteiger partial charge in [0.05, 0.1) is 19.8 Å². The molecule has 0 aromatic carbocycles. The molecule has 4 N–H and O–H groups in total. The van der Waals surface area contributed by atoms with E-state index in [1.165, 1.54) is 199 Å². The molecule has 0 aromatic rings. The zero-order valence-electron chi connectivity index (χ0n) is 43.1. The summed E-state index contributed by atoms with van der Waals surface area (Å²) >= 11 is 0. The van der Waals surface area contributed by atoms with E-state index in [4.69, 9.17) is 29.4 Å². The molecule has 0 spiro atoms. The van der Waals surface area contributed by atoms with E-state index in [9.17, 15) is 19.0 Å². The number of allylic oxidation sites excluding steroid dienone is 4. The fourth-order valence-electron chi connectivity index (χ4n) is 8.17. The van der Waals surface area contributed by atoms with E-state index in [2.05, 4.69) is 38.2 Å². The van der Waals surface area contributed by atoms with Crippen LogP contribution in [-0.4, -0.2) is 60.5 Å². The van der Waals surface area contributed by atoms with Gasteiger partial charge in [-0.15, -0.1) is 0 Å². The summed E-state index contributed by atoms with van der Waals surface area (Å²) in [6, 6.07) is -1.47. The maximum Gasteiger partial charge on any atom is 0.472 e. The first kappa shape index (κ1) is 64.5. The Balaban J connectivity index is 4.06. The number of hydrogen-bond acceptors (Lipinski definition) is 8. The van der Waals surface area contributed by atoms with Gasteiger partial charge < -0.3 is 25.2 Å². The number of carbonyl (C=O) groups excluding carboxylic acids is 1. The van der Waals surface area contributed by atoms with Crippen molar-refractivity contribution in [3.05, 3.63) is 24.3 Å². The van der Waals surface area contributed by atoms with Crippen molar-refractivity contribution in [3.8, 4) is 0 Å². The van der Waals surface area contributed by atoms with Crippen molar-refractivity contribution in [1.29, 1.82) is 0 Å². The highest BCUT2D eigenvalue weighted by atomic mass is 31.2. The molecule has 0 radical (unpaired) electrons. The summed E-state index contributed by atoms with van der Waals surface area (Å²) in [5, 5.41) is 8.94. The van der Waals surface area contributed by atoms with Crippen LogP contribution in [0.25, 0.3) is 0 Å². The Bertz CT molecular complexity index is 1150. The van der Waals surface area contributed by atoms with E-state index in [1.807, 2.05) is 0 Å². The van der Waals surface area contributed by atoms with Crippen LogP contribution in [0.3, 0.4) is 0 Å². The van der Waals surface area contributed by atoms with Crippen molar-refractivity contribution in [2.45, 2.75) is 289 Å². The van der Waals surface area contributed by atoms with Gasteiger partial charge >= 0.3 is 19.8 Å². The maximum atomic E-state index is 12.7. The maximum absolute atomic E-state index is 12.7. The van der Waals surface area contributed by atoms with Crippen molar-refractivity contribution >= 4 is 19.8 Å². The van der Waals surface area contributed by atoms with Crippen molar-refractivity contribution < 1.29 is 42.7 Å². The SMILES string of the molecule is CCCCCCC/C=C\C/C=C\CCCCCCCCCCCC(=O)OC(COCCCCCCCCCCCCCCCCCCCCCCCCC)COP(=O)(O)OCC(N)C(=O)O. The number of hydrogen-bond donors (Lipinski definition) is 3. The lowest BCUT2D eigenvalue weighted by Crippen LogP contribution is -2.34. The number of phosphoric ester groups is 1. The normalized spacial score (nSPS) is 13.8. The second-order valence-electron chi connectivity index (χ2n) is 19.1. The second kappa shape index (κ2) is 51.3. The number of unbranched alkanes of at least 4 members (excludes halogenated alkanes) is 36. The van der Waals surface area contributed by atoms with Gasteiger partial charge in [-0.1, -0.05) is 250 Å². The Hall–Kier alpha value is -1.55. The molecule has 0 fully saturated rings. The van der Waals surface area contributed by atoms with E-state index in [-0.39, 0.29) is 13.0 Å². The second-order valence-corrected chi connectivity index (χ2v) is 20.5. The lowest BCUT2D eigenvalue weighted by molar-refractivity contribution is -0.154. The Morgan fingerprint density at radius 3 is 1.23 bits per heavy atom. The first-order valence-electron chi connectivity index (χ1n) is 27.9. The number of phosphoric acid groups is 1. The lowest BCUT2D eigenvalue weighted by atomic mass is 10.0. The number of carboxylic acids is 1. The molecule has 10 nitrogen and oxygen atoms in total. The zero-order chi connectivity index (χ0) is 48.3. The van der Waals surface area contributed by atoms with E-state index in [0.717, 1.165) is 51.4 Å². The van der Waals surface area contributed by atoms with Crippen LogP contribution in [0.5, 0.6) is 0 Å². The smallest absolute Gasteiger partial charge is 0.472 e. The number of carboxylic acid groups (broad SMARTS) is 1. The Morgan fingerprint density at radius 2 is 0.833 bits per heavy atom. The van der Waals surface area contributed by atoms with Crippen molar-refractivity contribution in [3.63, 3.8) is 0 Å².